The topological polar surface area (TPSA) is 121 Å². The van der Waals surface area contributed by atoms with E-state index in [0.717, 1.165) is 11.5 Å². The Hall–Kier alpha value is -3.39. The van der Waals surface area contributed by atoms with Crippen LogP contribution in [0.15, 0.2) is 41.3 Å². The van der Waals surface area contributed by atoms with Gasteiger partial charge in [0, 0.05) is 19.2 Å². The Labute approximate surface area is 206 Å². The Kier molecular flexibility index (Phi) is 5.33. The summed E-state index contributed by atoms with van der Waals surface area (Å²) in [6, 6.07) is 2.87. The highest BCUT2D eigenvalue weighted by Gasteiger charge is 2.65. The normalized spacial score (nSPS) is 23.2. The van der Waals surface area contributed by atoms with E-state index in [0.29, 0.717) is 22.2 Å². The number of aliphatic hydroxyl groups excluding tert-OH is 1. The lowest BCUT2D eigenvalue weighted by Gasteiger charge is -2.23. The zero-order chi connectivity index (χ0) is 25.1. The van der Waals surface area contributed by atoms with Gasteiger partial charge >= 0.3 is 6.18 Å². The maximum atomic E-state index is 13.6. The molecule has 3 aromatic heterocycles. The van der Waals surface area contributed by atoms with Gasteiger partial charge in [-0.1, -0.05) is 0 Å². The summed E-state index contributed by atoms with van der Waals surface area (Å²) >= 11 is 1.14. The predicted molar refractivity (Wildman–Crippen MR) is 125 cm³/mol. The number of Topliss-reactive ketones (excluding diaryl/α,β-unsaturated/α-hetero) is 1. The number of β-amino-alcohol motifs (C(OH)–C–C–N with tert-alkyl or cyclic N) is 1. The van der Waals surface area contributed by atoms with E-state index >= 15 is 0 Å². The van der Waals surface area contributed by atoms with Crippen LogP contribution >= 0.6 is 11.5 Å². The number of carbonyl (C=O) groups is 1. The molecule has 36 heavy (non-hydrogen) atoms. The number of ketones is 1. The van der Waals surface area contributed by atoms with E-state index in [2.05, 4.69) is 29.7 Å². The van der Waals surface area contributed by atoms with Crippen molar-refractivity contribution >= 4 is 40.4 Å². The van der Waals surface area contributed by atoms with Crippen molar-refractivity contribution in [1.82, 2.24) is 24.0 Å². The van der Waals surface area contributed by atoms with E-state index in [1.165, 1.54) is 12.4 Å². The molecule has 1 saturated heterocycles. The molecular formula is C22H21F3N8O2S. The third-order valence-corrected chi connectivity index (χ3v) is 7.56. The number of fused-ring (bicyclic) bond motifs is 1. The summed E-state index contributed by atoms with van der Waals surface area (Å²) in [7, 11) is 0. The first-order valence-corrected chi connectivity index (χ1v) is 12.2. The first kappa shape index (κ1) is 23.0. The van der Waals surface area contributed by atoms with Gasteiger partial charge in [0.05, 0.1) is 30.5 Å². The number of carbonyl (C=O) groups excluding carboxylic acids is 1. The average Bonchev–Trinajstić information content (AvgIpc) is 3.28. The van der Waals surface area contributed by atoms with Crippen LogP contribution in [0, 0.1) is 5.41 Å². The van der Waals surface area contributed by atoms with Crippen molar-refractivity contribution in [2.24, 2.45) is 10.4 Å². The number of amidine groups is 1. The number of nitrogens with one attached hydrogen (secondary N) is 1. The predicted octanol–water partition coefficient (Wildman–Crippen LogP) is 2.43. The number of rotatable bonds is 6. The van der Waals surface area contributed by atoms with Gasteiger partial charge in [-0.05, 0) is 48.2 Å². The van der Waals surface area contributed by atoms with Gasteiger partial charge in [0.15, 0.2) is 11.6 Å². The SMILES string of the molecule is O=C(Cc1ncns1)[C@@H]1C[C@H](O)CN1c1nc(NC2=NCC(C3(C(F)(F)F)CC3)=C2)c2cccn2n1. The Bertz CT molecular complexity index is 1380. The molecule has 3 aromatic rings. The van der Waals surface area contributed by atoms with Crippen LogP contribution in [0.3, 0.4) is 0 Å². The maximum Gasteiger partial charge on any atom is 0.398 e. The molecule has 10 nitrogen and oxygen atoms in total. The monoisotopic (exact) mass is 518 g/mol. The molecule has 0 spiro atoms. The molecule has 0 unspecified atom stereocenters. The quantitative estimate of drug-likeness (QED) is 0.511. The highest BCUT2D eigenvalue weighted by molar-refractivity contribution is 7.05. The van der Waals surface area contributed by atoms with Crippen LogP contribution in [0.4, 0.5) is 24.9 Å². The third kappa shape index (κ3) is 3.93. The maximum absolute atomic E-state index is 13.6. The van der Waals surface area contributed by atoms with Gasteiger partial charge in [0.25, 0.3) is 0 Å². The molecule has 0 amide bonds. The molecule has 2 aliphatic heterocycles. The van der Waals surface area contributed by atoms with Crippen molar-refractivity contribution in [2.45, 2.75) is 44.0 Å². The van der Waals surface area contributed by atoms with Crippen LogP contribution in [-0.4, -0.2) is 72.1 Å². The highest BCUT2D eigenvalue weighted by Crippen LogP contribution is 2.62. The number of alkyl halides is 3. The summed E-state index contributed by atoms with van der Waals surface area (Å²) in [6.07, 6.45) is -0.0195. The number of nitrogens with zero attached hydrogens (tertiary/aromatic N) is 7. The summed E-state index contributed by atoms with van der Waals surface area (Å²) in [5.41, 5.74) is -0.923. The van der Waals surface area contributed by atoms with Gasteiger partial charge < -0.3 is 15.3 Å². The Morgan fingerprint density at radius 2 is 2.17 bits per heavy atom. The summed E-state index contributed by atoms with van der Waals surface area (Å²) in [5, 5.41) is 18.5. The fraction of sp³-hybridized carbons (Fsp3) is 0.455. The molecule has 0 radical (unpaired) electrons. The number of aromatic nitrogens is 5. The molecule has 1 saturated carbocycles. The van der Waals surface area contributed by atoms with Crippen molar-refractivity contribution in [1.29, 1.82) is 0 Å². The molecular weight excluding hydrogens is 497 g/mol. The first-order valence-electron chi connectivity index (χ1n) is 11.4. The van der Waals surface area contributed by atoms with Crippen molar-refractivity contribution in [3.63, 3.8) is 0 Å². The van der Waals surface area contributed by atoms with Crippen molar-refractivity contribution in [2.75, 3.05) is 23.3 Å². The lowest BCUT2D eigenvalue weighted by atomic mass is 9.95. The van der Waals surface area contributed by atoms with Crippen LogP contribution in [0.1, 0.15) is 24.3 Å². The van der Waals surface area contributed by atoms with Gasteiger partial charge in [-0.2, -0.15) is 22.5 Å². The fourth-order valence-corrected chi connectivity index (χ4v) is 5.36. The number of aliphatic imine (C=N–C) groups is 1. The minimum absolute atomic E-state index is 0.0163. The van der Waals surface area contributed by atoms with Crippen molar-refractivity contribution in [3.05, 3.63) is 41.3 Å². The summed E-state index contributed by atoms with van der Waals surface area (Å²) in [6.45, 7) is 0.148. The zero-order valence-corrected chi connectivity index (χ0v) is 19.6. The van der Waals surface area contributed by atoms with Gasteiger partial charge in [-0.3, -0.25) is 9.79 Å². The second-order valence-corrected chi connectivity index (χ2v) is 10.1. The van der Waals surface area contributed by atoms with E-state index in [-0.39, 0.29) is 56.1 Å². The third-order valence-electron chi connectivity index (χ3n) is 6.90. The number of anilines is 2. The second-order valence-electron chi connectivity index (χ2n) is 9.21. The van der Waals surface area contributed by atoms with E-state index in [1.54, 1.807) is 27.7 Å². The molecule has 2 fully saturated rings. The Balaban J connectivity index is 1.28. The molecule has 188 valence electrons. The van der Waals surface area contributed by atoms with E-state index in [1.807, 2.05) is 0 Å². The number of aliphatic hydroxyl groups is 1. The zero-order valence-electron chi connectivity index (χ0n) is 18.8. The lowest BCUT2D eigenvalue weighted by molar-refractivity contribution is -0.175. The molecule has 2 N–H and O–H groups in total. The molecule has 14 heteroatoms. The Morgan fingerprint density at radius 3 is 2.89 bits per heavy atom. The molecule has 0 aromatic carbocycles. The van der Waals surface area contributed by atoms with Crippen molar-refractivity contribution < 1.29 is 23.1 Å². The molecule has 2 atom stereocenters. The van der Waals surface area contributed by atoms with Gasteiger partial charge in [0.1, 0.15) is 22.7 Å². The molecule has 5 heterocycles. The summed E-state index contributed by atoms with van der Waals surface area (Å²) in [4.78, 5) is 27.6. The number of hydrogen-bond acceptors (Lipinski definition) is 10. The minimum atomic E-state index is -4.30. The van der Waals surface area contributed by atoms with Crippen molar-refractivity contribution in [3.8, 4) is 0 Å². The largest absolute Gasteiger partial charge is 0.398 e. The minimum Gasteiger partial charge on any atom is -0.391 e. The summed E-state index contributed by atoms with van der Waals surface area (Å²) in [5.74, 6) is 0.710. The van der Waals surface area contributed by atoms with Crippen LogP contribution < -0.4 is 10.2 Å². The van der Waals surface area contributed by atoms with E-state index < -0.39 is 23.7 Å². The number of hydrogen-bond donors (Lipinski definition) is 2. The smallest absolute Gasteiger partial charge is 0.391 e. The van der Waals surface area contributed by atoms with Crippen LogP contribution in [0.5, 0.6) is 0 Å². The van der Waals surface area contributed by atoms with Crippen LogP contribution in [0.25, 0.3) is 5.52 Å². The van der Waals surface area contributed by atoms with Crippen LogP contribution in [-0.2, 0) is 11.2 Å². The van der Waals surface area contributed by atoms with Gasteiger partial charge in [-0.25, -0.2) is 9.50 Å². The van der Waals surface area contributed by atoms with Crippen LogP contribution in [0.2, 0.25) is 0 Å². The molecule has 0 bridgehead atoms. The average molecular weight is 519 g/mol. The first-order chi connectivity index (χ1) is 17.2. The molecule has 6 rings (SSSR count). The standard InChI is InChI=1S/C22H21F3N8O2S/c23-22(24,25)21(3-4-21)12-6-17(26-9-12)29-19-14-2-1-5-33(14)31-20(30-19)32-10-13(34)7-15(32)16(35)8-18-27-11-28-36-18/h1-2,5-6,11,13,15,34H,3-4,7-10H2,(H,26,29,30,31)/t13-,15-/m0/s1. The van der Waals surface area contributed by atoms with Gasteiger partial charge in [0.2, 0.25) is 5.95 Å². The van der Waals surface area contributed by atoms with Gasteiger partial charge in [-0.15, -0.1) is 5.10 Å². The molecule has 3 aliphatic rings. The molecule has 1 aliphatic carbocycles. The number of halogens is 3. The summed E-state index contributed by atoms with van der Waals surface area (Å²) < 4.78 is 46.1. The lowest BCUT2D eigenvalue weighted by Crippen LogP contribution is -2.38. The van der Waals surface area contributed by atoms with E-state index in [4.69, 9.17) is 0 Å². The fourth-order valence-electron chi connectivity index (χ4n) is 4.84. The Morgan fingerprint density at radius 1 is 1.33 bits per heavy atom. The highest BCUT2D eigenvalue weighted by atomic mass is 32.1. The second kappa shape index (κ2) is 8.34. The van der Waals surface area contributed by atoms with E-state index in [9.17, 15) is 23.1 Å².